The molecule has 0 unspecified atom stereocenters. The summed E-state index contributed by atoms with van der Waals surface area (Å²) in [6.07, 6.45) is 7.28. The molecule has 0 atom stereocenters. The number of benzene rings is 1. The minimum Gasteiger partial charge on any atom is -0.494 e. The van der Waals surface area contributed by atoms with Crippen LogP contribution in [0.25, 0.3) is 10.9 Å². The Morgan fingerprint density at radius 3 is 2.56 bits per heavy atom. The number of nitrogens with zero attached hydrogens (tertiary/aromatic N) is 1. The molecule has 2 saturated carbocycles. The smallest absolute Gasteiger partial charge is 0.341 e. The normalized spacial score (nSPS) is 19.2. The number of ether oxygens (including phenoxy) is 1. The van der Waals surface area contributed by atoms with E-state index in [9.17, 15) is 14.7 Å². The molecule has 3 N–H and O–H groups in total. The first kappa shape index (κ1) is 18.0. The number of carboxylic acids is 1. The lowest BCUT2D eigenvalue weighted by molar-refractivity contribution is 0.0694. The third-order valence-electron chi connectivity index (χ3n) is 5.84. The molecular formula is C20H23FN2O4. The van der Waals surface area contributed by atoms with E-state index >= 15 is 4.39 Å². The molecule has 0 bridgehead atoms. The van der Waals surface area contributed by atoms with Crippen molar-refractivity contribution in [3.05, 3.63) is 39.4 Å². The molecule has 1 aromatic heterocycles. The third-order valence-corrected chi connectivity index (χ3v) is 5.84. The fourth-order valence-electron chi connectivity index (χ4n) is 4.34. The lowest BCUT2D eigenvalue weighted by atomic mass is 9.76. The third kappa shape index (κ3) is 2.81. The number of hydrogen-bond donors (Lipinski definition) is 2. The number of hydrogen-bond acceptors (Lipinski definition) is 4. The summed E-state index contributed by atoms with van der Waals surface area (Å²) in [7, 11) is 1.44. The quantitative estimate of drug-likeness (QED) is 0.856. The molecule has 144 valence electrons. The van der Waals surface area contributed by atoms with Gasteiger partial charge in [-0.2, -0.15) is 0 Å². The SMILES string of the molecule is COc1c(C2(N)CCCCC2)c(F)cc2c(=O)c(C(=O)O)cn(C3CC3)c12. The van der Waals surface area contributed by atoms with Gasteiger partial charge in [-0.15, -0.1) is 0 Å². The summed E-state index contributed by atoms with van der Waals surface area (Å²) in [6.45, 7) is 0. The summed E-state index contributed by atoms with van der Waals surface area (Å²) < 4.78 is 22.6. The zero-order chi connectivity index (χ0) is 19.3. The van der Waals surface area contributed by atoms with Gasteiger partial charge in [-0.05, 0) is 31.7 Å². The lowest BCUT2D eigenvalue weighted by Gasteiger charge is -2.35. The predicted molar refractivity (Wildman–Crippen MR) is 98.9 cm³/mol. The molecule has 2 aliphatic carbocycles. The average Bonchev–Trinajstić information content (AvgIpc) is 3.46. The average molecular weight is 374 g/mol. The largest absolute Gasteiger partial charge is 0.494 e. The first-order chi connectivity index (χ1) is 12.9. The molecule has 1 aromatic carbocycles. The number of fused-ring (bicyclic) bond motifs is 1. The number of aromatic carboxylic acids is 1. The monoisotopic (exact) mass is 374 g/mol. The number of carboxylic acid groups (broad SMARTS) is 1. The molecule has 0 amide bonds. The fourth-order valence-corrected chi connectivity index (χ4v) is 4.34. The van der Waals surface area contributed by atoms with E-state index in [0.717, 1.165) is 38.2 Å². The lowest BCUT2D eigenvalue weighted by Crippen LogP contribution is -2.40. The van der Waals surface area contributed by atoms with Crippen molar-refractivity contribution in [1.29, 1.82) is 0 Å². The Bertz CT molecular complexity index is 988. The number of aromatic nitrogens is 1. The van der Waals surface area contributed by atoms with Crippen LogP contribution in [0.15, 0.2) is 17.1 Å². The maximum absolute atomic E-state index is 15.2. The summed E-state index contributed by atoms with van der Waals surface area (Å²) in [4.78, 5) is 24.2. The van der Waals surface area contributed by atoms with Crippen LogP contribution in [0.1, 0.15) is 66.9 Å². The highest BCUT2D eigenvalue weighted by atomic mass is 19.1. The predicted octanol–water partition coefficient (Wildman–Crippen LogP) is 3.30. The molecule has 4 rings (SSSR count). The van der Waals surface area contributed by atoms with Crippen LogP contribution < -0.4 is 15.9 Å². The van der Waals surface area contributed by atoms with Crippen molar-refractivity contribution in [1.82, 2.24) is 4.57 Å². The van der Waals surface area contributed by atoms with Crippen LogP contribution in [0.3, 0.4) is 0 Å². The van der Waals surface area contributed by atoms with Crippen LogP contribution in [0.5, 0.6) is 5.75 Å². The second-order valence-electron chi connectivity index (χ2n) is 7.70. The van der Waals surface area contributed by atoms with Gasteiger partial charge in [-0.1, -0.05) is 19.3 Å². The molecule has 2 fully saturated rings. The van der Waals surface area contributed by atoms with E-state index in [-0.39, 0.29) is 22.7 Å². The number of nitrogens with two attached hydrogens (primary N) is 1. The van der Waals surface area contributed by atoms with Crippen LogP contribution in [-0.4, -0.2) is 22.8 Å². The first-order valence-corrected chi connectivity index (χ1v) is 9.35. The van der Waals surface area contributed by atoms with Crippen LogP contribution in [0.2, 0.25) is 0 Å². The van der Waals surface area contributed by atoms with Crippen molar-refractivity contribution >= 4 is 16.9 Å². The van der Waals surface area contributed by atoms with Crippen molar-refractivity contribution in [2.45, 2.75) is 56.5 Å². The summed E-state index contributed by atoms with van der Waals surface area (Å²) in [5, 5.41) is 9.42. The number of halogens is 1. The second-order valence-corrected chi connectivity index (χ2v) is 7.70. The van der Waals surface area contributed by atoms with Gasteiger partial charge in [0, 0.05) is 17.8 Å². The molecule has 27 heavy (non-hydrogen) atoms. The molecule has 2 aromatic rings. The Kier molecular flexibility index (Phi) is 4.22. The van der Waals surface area contributed by atoms with Crippen molar-refractivity contribution < 1.29 is 19.0 Å². The van der Waals surface area contributed by atoms with Gasteiger partial charge in [0.2, 0.25) is 5.43 Å². The Hall–Kier alpha value is -2.41. The molecular weight excluding hydrogens is 351 g/mol. The van der Waals surface area contributed by atoms with E-state index in [1.54, 1.807) is 4.57 Å². The van der Waals surface area contributed by atoms with Gasteiger partial charge < -0.3 is 20.1 Å². The van der Waals surface area contributed by atoms with E-state index in [2.05, 4.69) is 0 Å². The Labute approximate surface area is 155 Å². The van der Waals surface area contributed by atoms with Crippen LogP contribution >= 0.6 is 0 Å². The molecule has 7 heteroatoms. The molecule has 1 heterocycles. The molecule has 6 nitrogen and oxygen atoms in total. The number of carbonyl (C=O) groups is 1. The van der Waals surface area contributed by atoms with Gasteiger partial charge in [0.25, 0.3) is 0 Å². The van der Waals surface area contributed by atoms with E-state index < -0.39 is 22.8 Å². The van der Waals surface area contributed by atoms with E-state index in [1.807, 2.05) is 0 Å². The Balaban J connectivity index is 2.09. The van der Waals surface area contributed by atoms with E-state index in [1.165, 1.54) is 13.3 Å². The highest BCUT2D eigenvalue weighted by Crippen LogP contribution is 2.46. The number of rotatable bonds is 4. The van der Waals surface area contributed by atoms with Crippen molar-refractivity contribution in [2.24, 2.45) is 5.73 Å². The van der Waals surface area contributed by atoms with E-state index in [4.69, 9.17) is 10.5 Å². The summed E-state index contributed by atoms with van der Waals surface area (Å²) >= 11 is 0. The van der Waals surface area contributed by atoms with Crippen molar-refractivity contribution in [3.63, 3.8) is 0 Å². The molecule has 0 radical (unpaired) electrons. The second kappa shape index (κ2) is 6.34. The van der Waals surface area contributed by atoms with Gasteiger partial charge in [-0.25, -0.2) is 9.18 Å². The van der Waals surface area contributed by atoms with Gasteiger partial charge >= 0.3 is 5.97 Å². The standard InChI is InChI=1S/C20H23FN2O4/c1-27-18-15(20(22)7-3-2-4-8-20)14(21)9-12-16(18)23(11-5-6-11)10-13(17(12)24)19(25)26/h9-11H,2-8,22H2,1H3,(H,25,26). The number of pyridine rings is 1. The summed E-state index contributed by atoms with van der Waals surface area (Å²) in [5.74, 6) is -1.66. The summed E-state index contributed by atoms with van der Waals surface area (Å²) in [6, 6.07) is 1.22. The molecule has 2 aliphatic rings. The van der Waals surface area contributed by atoms with Crippen LogP contribution in [-0.2, 0) is 5.54 Å². The Morgan fingerprint density at radius 2 is 2.00 bits per heavy atom. The maximum Gasteiger partial charge on any atom is 0.341 e. The first-order valence-electron chi connectivity index (χ1n) is 9.35. The molecule has 0 spiro atoms. The van der Waals surface area contributed by atoms with Gasteiger partial charge in [-0.3, -0.25) is 4.79 Å². The van der Waals surface area contributed by atoms with Crippen molar-refractivity contribution in [2.75, 3.05) is 7.11 Å². The summed E-state index contributed by atoms with van der Waals surface area (Å²) in [5.41, 5.74) is 5.44. The zero-order valence-corrected chi connectivity index (χ0v) is 15.3. The van der Waals surface area contributed by atoms with E-state index in [0.29, 0.717) is 23.9 Å². The highest BCUT2D eigenvalue weighted by molar-refractivity contribution is 5.95. The van der Waals surface area contributed by atoms with Gasteiger partial charge in [0.1, 0.15) is 11.4 Å². The molecule has 0 aliphatic heterocycles. The van der Waals surface area contributed by atoms with Crippen LogP contribution in [0.4, 0.5) is 4.39 Å². The minimum atomic E-state index is -1.32. The highest BCUT2D eigenvalue weighted by Gasteiger charge is 2.38. The minimum absolute atomic E-state index is 0.0271. The fraction of sp³-hybridized carbons (Fsp3) is 0.500. The van der Waals surface area contributed by atoms with Gasteiger partial charge in [0.05, 0.1) is 23.6 Å². The molecule has 0 saturated heterocycles. The zero-order valence-electron chi connectivity index (χ0n) is 15.3. The van der Waals surface area contributed by atoms with Crippen molar-refractivity contribution in [3.8, 4) is 5.75 Å². The Morgan fingerprint density at radius 1 is 1.33 bits per heavy atom. The van der Waals surface area contributed by atoms with Gasteiger partial charge in [0.15, 0.2) is 5.75 Å². The van der Waals surface area contributed by atoms with Crippen LogP contribution in [0, 0.1) is 5.82 Å². The topological polar surface area (TPSA) is 94.6 Å². The number of methoxy groups -OCH3 is 1. The maximum atomic E-state index is 15.2.